The third-order valence-corrected chi connectivity index (χ3v) is 4.59. The SMILES string of the molecule is COCCS(=O)(=O)NC(CBr)Cc1ccccc1. The molecular weight excluding hydrogens is 318 g/mol. The molecule has 0 saturated heterocycles. The van der Waals surface area contributed by atoms with E-state index in [1.165, 1.54) is 7.11 Å². The Morgan fingerprint density at radius 2 is 2.00 bits per heavy atom. The summed E-state index contributed by atoms with van der Waals surface area (Å²) in [4.78, 5) is 0. The van der Waals surface area contributed by atoms with Crippen LogP contribution < -0.4 is 4.72 Å². The minimum Gasteiger partial charge on any atom is -0.384 e. The number of benzene rings is 1. The summed E-state index contributed by atoms with van der Waals surface area (Å²) < 4.78 is 30.9. The molecule has 6 heteroatoms. The minimum atomic E-state index is -3.28. The third-order valence-electron chi connectivity index (χ3n) is 2.41. The van der Waals surface area contributed by atoms with Crippen LogP contribution in [0.3, 0.4) is 0 Å². The van der Waals surface area contributed by atoms with Crippen molar-refractivity contribution < 1.29 is 13.2 Å². The Balaban J connectivity index is 2.57. The van der Waals surface area contributed by atoms with Gasteiger partial charge in [-0.25, -0.2) is 13.1 Å². The molecule has 0 aliphatic rings. The molecule has 102 valence electrons. The molecule has 0 fully saturated rings. The van der Waals surface area contributed by atoms with E-state index in [1.54, 1.807) is 0 Å². The van der Waals surface area contributed by atoms with E-state index in [0.717, 1.165) is 5.56 Å². The molecule has 0 bridgehead atoms. The highest BCUT2D eigenvalue weighted by Crippen LogP contribution is 2.06. The monoisotopic (exact) mass is 335 g/mol. The molecule has 1 atom stereocenters. The minimum absolute atomic E-state index is 0.0121. The molecule has 0 heterocycles. The third kappa shape index (κ3) is 5.95. The van der Waals surface area contributed by atoms with Gasteiger partial charge in [-0.3, -0.25) is 0 Å². The van der Waals surface area contributed by atoms with E-state index in [1.807, 2.05) is 30.3 Å². The van der Waals surface area contributed by atoms with E-state index in [9.17, 15) is 8.42 Å². The zero-order valence-electron chi connectivity index (χ0n) is 10.3. The second kappa shape index (κ2) is 7.89. The Bertz CT molecular complexity index is 436. The molecule has 1 aromatic rings. The van der Waals surface area contributed by atoms with Crippen LogP contribution in [0.2, 0.25) is 0 Å². The highest BCUT2D eigenvalue weighted by atomic mass is 79.9. The Labute approximate surface area is 117 Å². The highest BCUT2D eigenvalue weighted by molar-refractivity contribution is 9.09. The van der Waals surface area contributed by atoms with E-state index in [2.05, 4.69) is 20.7 Å². The lowest BCUT2D eigenvalue weighted by Gasteiger charge is -2.16. The summed E-state index contributed by atoms with van der Waals surface area (Å²) in [5.74, 6) is -0.0121. The van der Waals surface area contributed by atoms with Crippen molar-refractivity contribution >= 4 is 26.0 Å². The standard InChI is InChI=1S/C12H18BrNO3S/c1-17-7-8-18(15,16)14-12(10-13)9-11-5-3-2-4-6-11/h2-6,12,14H,7-10H2,1H3. The summed E-state index contributed by atoms with van der Waals surface area (Å²) >= 11 is 3.34. The van der Waals surface area contributed by atoms with Gasteiger partial charge in [0.2, 0.25) is 10.0 Å². The average Bonchev–Trinajstić information content (AvgIpc) is 2.36. The van der Waals surface area contributed by atoms with Crippen molar-refractivity contribution in [2.75, 3.05) is 24.8 Å². The van der Waals surface area contributed by atoms with Crippen LogP contribution in [0.25, 0.3) is 0 Å². The van der Waals surface area contributed by atoms with E-state index in [0.29, 0.717) is 11.8 Å². The number of rotatable bonds is 8. The Kier molecular flexibility index (Phi) is 6.85. The number of hydrogen-bond donors (Lipinski definition) is 1. The maximum Gasteiger partial charge on any atom is 0.214 e. The van der Waals surface area contributed by atoms with Crippen molar-refractivity contribution in [1.82, 2.24) is 4.72 Å². The number of sulfonamides is 1. The molecule has 0 saturated carbocycles. The molecule has 4 nitrogen and oxygen atoms in total. The second-order valence-electron chi connectivity index (χ2n) is 3.97. The Morgan fingerprint density at radius 3 is 2.56 bits per heavy atom. The number of hydrogen-bond acceptors (Lipinski definition) is 3. The van der Waals surface area contributed by atoms with Gasteiger partial charge in [0.15, 0.2) is 0 Å². The zero-order chi connectivity index (χ0) is 13.4. The lowest BCUT2D eigenvalue weighted by molar-refractivity contribution is 0.217. The van der Waals surface area contributed by atoms with Crippen molar-refractivity contribution in [3.63, 3.8) is 0 Å². The van der Waals surface area contributed by atoms with Gasteiger partial charge in [-0.05, 0) is 12.0 Å². The number of methoxy groups -OCH3 is 1. The first-order chi connectivity index (χ1) is 8.57. The lowest BCUT2D eigenvalue weighted by Crippen LogP contribution is -2.39. The summed E-state index contributed by atoms with van der Waals surface area (Å²) in [6.45, 7) is 0.204. The topological polar surface area (TPSA) is 55.4 Å². The second-order valence-corrected chi connectivity index (χ2v) is 6.49. The molecule has 0 radical (unpaired) electrons. The fraction of sp³-hybridized carbons (Fsp3) is 0.500. The van der Waals surface area contributed by atoms with Crippen molar-refractivity contribution in [3.8, 4) is 0 Å². The first-order valence-electron chi connectivity index (χ1n) is 5.66. The maximum atomic E-state index is 11.7. The highest BCUT2D eigenvalue weighted by Gasteiger charge is 2.17. The average molecular weight is 336 g/mol. The summed E-state index contributed by atoms with van der Waals surface area (Å²) in [5, 5.41) is 0.577. The number of nitrogens with one attached hydrogen (secondary N) is 1. The number of alkyl halides is 1. The zero-order valence-corrected chi connectivity index (χ0v) is 12.7. The van der Waals surface area contributed by atoms with Crippen LogP contribution in [0, 0.1) is 0 Å². The first-order valence-corrected chi connectivity index (χ1v) is 8.43. The van der Waals surface area contributed by atoms with Gasteiger partial charge < -0.3 is 4.74 Å². The van der Waals surface area contributed by atoms with Gasteiger partial charge in [0, 0.05) is 18.5 Å². The fourth-order valence-corrected chi connectivity index (χ4v) is 3.32. The summed E-state index contributed by atoms with van der Waals surface area (Å²) in [5.41, 5.74) is 1.11. The van der Waals surface area contributed by atoms with E-state index < -0.39 is 10.0 Å². The van der Waals surface area contributed by atoms with Crippen molar-refractivity contribution in [2.45, 2.75) is 12.5 Å². The predicted molar refractivity (Wildman–Crippen MR) is 76.5 cm³/mol. The molecular formula is C12H18BrNO3S. The molecule has 0 aliphatic heterocycles. The molecule has 0 aromatic heterocycles. The molecule has 1 N–H and O–H groups in total. The molecule has 0 amide bonds. The summed E-state index contributed by atoms with van der Waals surface area (Å²) in [6.07, 6.45) is 0.665. The van der Waals surface area contributed by atoms with Crippen molar-refractivity contribution in [3.05, 3.63) is 35.9 Å². The van der Waals surface area contributed by atoms with Gasteiger partial charge in [-0.1, -0.05) is 46.3 Å². The first kappa shape index (κ1) is 15.6. The smallest absolute Gasteiger partial charge is 0.214 e. The molecule has 0 aliphatic carbocycles. The van der Waals surface area contributed by atoms with Crippen LogP contribution in [0.1, 0.15) is 5.56 Å². The number of ether oxygens (including phenoxy) is 1. The molecule has 1 rings (SSSR count). The van der Waals surface area contributed by atoms with E-state index in [-0.39, 0.29) is 18.4 Å². The molecule has 18 heavy (non-hydrogen) atoms. The summed E-state index contributed by atoms with van der Waals surface area (Å²) in [7, 11) is -1.79. The van der Waals surface area contributed by atoms with E-state index >= 15 is 0 Å². The van der Waals surface area contributed by atoms with Gasteiger partial charge in [0.05, 0.1) is 12.4 Å². The molecule has 1 unspecified atom stereocenters. The summed E-state index contributed by atoms with van der Waals surface area (Å²) in [6, 6.07) is 9.66. The Hall–Kier alpha value is -0.430. The van der Waals surface area contributed by atoms with Crippen LogP contribution in [0.15, 0.2) is 30.3 Å². The van der Waals surface area contributed by atoms with Crippen molar-refractivity contribution in [1.29, 1.82) is 0 Å². The van der Waals surface area contributed by atoms with Gasteiger partial charge in [-0.2, -0.15) is 0 Å². The number of halogens is 1. The van der Waals surface area contributed by atoms with Gasteiger partial charge in [0.1, 0.15) is 0 Å². The van der Waals surface area contributed by atoms with Crippen LogP contribution in [-0.4, -0.2) is 39.3 Å². The lowest BCUT2D eigenvalue weighted by atomic mass is 10.1. The van der Waals surface area contributed by atoms with Crippen LogP contribution in [0.4, 0.5) is 0 Å². The molecule has 0 spiro atoms. The quantitative estimate of drug-likeness (QED) is 0.733. The van der Waals surface area contributed by atoms with Crippen LogP contribution in [-0.2, 0) is 21.2 Å². The maximum absolute atomic E-state index is 11.7. The largest absolute Gasteiger partial charge is 0.384 e. The van der Waals surface area contributed by atoms with Gasteiger partial charge in [-0.15, -0.1) is 0 Å². The predicted octanol–water partition coefficient (Wildman–Crippen LogP) is 1.56. The van der Waals surface area contributed by atoms with Crippen molar-refractivity contribution in [2.24, 2.45) is 0 Å². The van der Waals surface area contributed by atoms with E-state index in [4.69, 9.17) is 4.74 Å². The van der Waals surface area contributed by atoms with Gasteiger partial charge >= 0.3 is 0 Å². The van der Waals surface area contributed by atoms with Gasteiger partial charge in [0.25, 0.3) is 0 Å². The normalized spacial score (nSPS) is 13.4. The van der Waals surface area contributed by atoms with Crippen LogP contribution >= 0.6 is 15.9 Å². The Morgan fingerprint density at radius 1 is 1.33 bits per heavy atom. The fourth-order valence-electron chi connectivity index (χ4n) is 1.53. The molecule has 1 aromatic carbocycles. The van der Waals surface area contributed by atoms with Crippen LogP contribution in [0.5, 0.6) is 0 Å².